The summed E-state index contributed by atoms with van der Waals surface area (Å²) in [5.74, 6) is 0.876. The number of fused-ring (bicyclic) bond motifs is 3. The van der Waals surface area contributed by atoms with E-state index in [0.717, 1.165) is 10.9 Å². The molecule has 0 bridgehead atoms. The van der Waals surface area contributed by atoms with E-state index in [4.69, 9.17) is 4.74 Å². The number of thioether (sulfide) groups is 2. The topological polar surface area (TPSA) is 43.2 Å². The van der Waals surface area contributed by atoms with E-state index in [1.165, 1.54) is 10.6 Å². The van der Waals surface area contributed by atoms with Gasteiger partial charge in [0.05, 0.1) is 7.11 Å². The fourth-order valence-corrected chi connectivity index (χ4v) is 4.37. The zero-order valence-corrected chi connectivity index (χ0v) is 11.7. The molecular formula is C12H10N4OS2. The third kappa shape index (κ3) is 1.65. The molecule has 1 atom stereocenters. The van der Waals surface area contributed by atoms with Crippen molar-refractivity contribution in [2.75, 3.05) is 12.1 Å². The summed E-state index contributed by atoms with van der Waals surface area (Å²) in [6.45, 7) is 0. The Balaban J connectivity index is 1.70. The number of hydrogen-bond acceptors (Lipinski definition) is 6. The Morgan fingerprint density at radius 3 is 2.89 bits per heavy atom. The van der Waals surface area contributed by atoms with Gasteiger partial charge in [-0.25, -0.2) is 4.68 Å². The van der Waals surface area contributed by atoms with E-state index >= 15 is 0 Å². The van der Waals surface area contributed by atoms with Gasteiger partial charge >= 0.3 is 0 Å². The molecule has 7 heteroatoms. The van der Waals surface area contributed by atoms with Crippen molar-refractivity contribution in [2.45, 2.75) is 10.5 Å². The summed E-state index contributed by atoms with van der Waals surface area (Å²) in [5, 5.41) is 14.8. The number of ether oxygens (including phenoxy) is 1. The van der Waals surface area contributed by atoms with Crippen LogP contribution in [-0.2, 0) is 0 Å². The lowest BCUT2D eigenvalue weighted by Crippen LogP contribution is -2.28. The summed E-state index contributed by atoms with van der Waals surface area (Å²) in [5.41, 5.74) is 1.24. The van der Waals surface area contributed by atoms with Crippen LogP contribution in [0.15, 0.2) is 46.2 Å². The van der Waals surface area contributed by atoms with Crippen molar-refractivity contribution in [3.8, 4) is 5.75 Å². The lowest BCUT2D eigenvalue weighted by molar-refractivity contribution is 0.414. The predicted octanol–water partition coefficient (Wildman–Crippen LogP) is 2.57. The van der Waals surface area contributed by atoms with Crippen LogP contribution in [-0.4, -0.2) is 22.0 Å². The fourth-order valence-electron chi connectivity index (χ4n) is 2.16. The van der Waals surface area contributed by atoms with Crippen LogP contribution in [0.1, 0.15) is 10.9 Å². The Morgan fingerprint density at radius 1 is 1.26 bits per heavy atom. The molecule has 1 aromatic carbocycles. The molecule has 0 N–H and O–H groups in total. The Morgan fingerprint density at radius 2 is 2.11 bits per heavy atom. The van der Waals surface area contributed by atoms with Crippen LogP contribution in [0.4, 0.5) is 0 Å². The molecule has 0 saturated heterocycles. The first-order chi connectivity index (χ1) is 9.36. The van der Waals surface area contributed by atoms with Crippen molar-refractivity contribution in [2.24, 2.45) is 0 Å². The number of benzene rings is 1. The van der Waals surface area contributed by atoms with Gasteiger partial charge < -0.3 is 4.74 Å². The third-order valence-electron chi connectivity index (χ3n) is 3.07. The van der Waals surface area contributed by atoms with Gasteiger partial charge in [0.2, 0.25) is 5.16 Å². The monoisotopic (exact) mass is 290 g/mol. The first-order valence-electron chi connectivity index (χ1n) is 5.74. The zero-order chi connectivity index (χ0) is 12.8. The number of methoxy groups -OCH3 is 1. The summed E-state index contributed by atoms with van der Waals surface area (Å²) < 4.78 is 7.20. The molecule has 2 aliphatic heterocycles. The summed E-state index contributed by atoms with van der Waals surface area (Å²) in [4.78, 5) is 0. The van der Waals surface area contributed by atoms with Crippen molar-refractivity contribution in [1.82, 2.24) is 14.9 Å². The lowest BCUT2D eigenvalue weighted by atomic mass is 10.2. The molecule has 96 valence electrons. The molecule has 5 nitrogen and oxygen atoms in total. The molecule has 19 heavy (non-hydrogen) atoms. The third-order valence-corrected chi connectivity index (χ3v) is 5.28. The van der Waals surface area contributed by atoms with Gasteiger partial charge in [0.25, 0.3) is 0 Å². The summed E-state index contributed by atoms with van der Waals surface area (Å²) in [6, 6.07) is 8.18. The van der Waals surface area contributed by atoms with Crippen molar-refractivity contribution in [3.63, 3.8) is 0 Å². The van der Waals surface area contributed by atoms with Crippen LogP contribution in [0, 0.1) is 0 Å². The molecule has 0 amide bonds. The fraction of sp³-hybridized carbons (Fsp3) is 0.167. The molecule has 2 aromatic rings. The Hall–Kier alpha value is -1.60. The van der Waals surface area contributed by atoms with Crippen LogP contribution >= 0.6 is 23.5 Å². The maximum Gasteiger partial charge on any atom is 0.216 e. The van der Waals surface area contributed by atoms with Gasteiger partial charge in [-0.05, 0) is 29.5 Å². The average Bonchev–Trinajstić information content (AvgIpc) is 3.10. The highest BCUT2D eigenvalue weighted by Gasteiger charge is 2.37. The van der Waals surface area contributed by atoms with Gasteiger partial charge in [-0.1, -0.05) is 23.9 Å². The number of rotatable bonds is 2. The molecule has 0 saturated carbocycles. The molecule has 0 aliphatic carbocycles. The average molecular weight is 290 g/mol. The highest BCUT2D eigenvalue weighted by molar-refractivity contribution is 8.07. The lowest BCUT2D eigenvalue weighted by Gasteiger charge is -2.24. The highest BCUT2D eigenvalue weighted by atomic mass is 32.2. The smallest absolute Gasteiger partial charge is 0.216 e. The molecule has 4 rings (SSSR count). The summed E-state index contributed by atoms with van der Waals surface area (Å²) >= 11 is 3.44. The molecule has 1 unspecified atom stereocenters. The standard InChI is InChI=1S/C12H10N4OS2/c1-17-9-4-2-8(3-5-9)11-16-10(6-18-11)19-12-14-13-7-15(12)16/h2-7,11H,1H3. The Kier molecular flexibility index (Phi) is 2.49. The number of nitrogens with zero attached hydrogens (tertiary/aromatic N) is 4. The predicted molar refractivity (Wildman–Crippen MR) is 75.5 cm³/mol. The van der Waals surface area contributed by atoms with Gasteiger partial charge in [0, 0.05) is 5.41 Å². The minimum absolute atomic E-state index is 0.227. The van der Waals surface area contributed by atoms with Gasteiger partial charge in [0.15, 0.2) is 0 Å². The maximum atomic E-state index is 5.20. The van der Waals surface area contributed by atoms with E-state index in [-0.39, 0.29) is 5.37 Å². The second kappa shape index (κ2) is 4.21. The zero-order valence-electron chi connectivity index (χ0n) is 10.1. The van der Waals surface area contributed by atoms with Gasteiger partial charge in [0.1, 0.15) is 22.5 Å². The molecule has 0 radical (unpaired) electrons. The van der Waals surface area contributed by atoms with Crippen LogP contribution in [0.5, 0.6) is 5.75 Å². The van der Waals surface area contributed by atoms with Crippen LogP contribution in [0.3, 0.4) is 0 Å². The van der Waals surface area contributed by atoms with E-state index in [1.54, 1.807) is 37.0 Å². The van der Waals surface area contributed by atoms with Crippen molar-refractivity contribution >= 4 is 23.5 Å². The molecular weight excluding hydrogens is 280 g/mol. The number of aromatic nitrogens is 3. The SMILES string of the molecule is COc1ccc(C2SC=C3Sc4nncn4N32)cc1. The van der Waals surface area contributed by atoms with E-state index in [1.807, 2.05) is 16.8 Å². The maximum absolute atomic E-state index is 5.20. The van der Waals surface area contributed by atoms with Crippen LogP contribution < -0.4 is 9.75 Å². The van der Waals surface area contributed by atoms with Gasteiger partial charge in [-0.3, -0.25) is 5.01 Å². The molecule has 0 spiro atoms. The quantitative estimate of drug-likeness (QED) is 0.847. The minimum Gasteiger partial charge on any atom is -0.497 e. The Bertz CT molecular complexity index is 652. The molecule has 3 heterocycles. The van der Waals surface area contributed by atoms with E-state index in [0.29, 0.717) is 0 Å². The van der Waals surface area contributed by atoms with E-state index in [9.17, 15) is 0 Å². The Labute approximate surface area is 118 Å². The molecule has 0 fully saturated rings. The van der Waals surface area contributed by atoms with E-state index in [2.05, 4.69) is 32.7 Å². The van der Waals surface area contributed by atoms with E-state index < -0.39 is 0 Å². The van der Waals surface area contributed by atoms with Crippen LogP contribution in [0.2, 0.25) is 0 Å². The molecule has 1 aromatic heterocycles. The van der Waals surface area contributed by atoms with Gasteiger partial charge in [-0.15, -0.1) is 10.2 Å². The largest absolute Gasteiger partial charge is 0.497 e. The first kappa shape index (κ1) is 11.2. The minimum atomic E-state index is 0.227. The first-order valence-corrected chi connectivity index (χ1v) is 7.50. The summed E-state index contributed by atoms with van der Waals surface area (Å²) in [7, 11) is 1.68. The molecule has 2 aliphatic rings. The normalized spacial score (nSPS) is 20.2. The summed E-state index contributed by atoms with van der Waals surface area (Å²) in [6.07, 6.45) is 1.76. The number of hydrogen-bond donors (Lipinski definition) is 0. The van der Waals surface area contributed by atoms with Crippen molar-refractivity contribution < 1.29 is 4.74 Å². The van der Waals surface area contributed by atoms with Crippen molar-refractivity contribution in [3.05, 3.63) is 46.6 Å². The van der Waals surface area contributed by atoms with Gasteiger partial charge in [-0.2, -0.15) is 0 Å². The van der Waals surface area contributed by atoms with Crippen LogP contribution in [0.25, 0.3) is 0 Å². The second-order valence-corrected chi connectivity index (χ2v) is 6.06. The van der Waals surface area contributed by atoms with Crippen molar-refractivity contribution in [1.29, 1.82) is 0 Å². The second-order valence-electron chi connectivity index (χ2n) is 4.12. The highest BCUT2D eigenvalue weighted by Crippen LogP contribution is 2.50.